The van der Waals surface area contributed by atoms with Gasteiger partial charge in [-0.3, -0.25) is 9.59 Å². The molecule has 4 rings (SSSR count). The van der Waals surface area contributed by atoms with Crippen LogP contribution in [-0.4, -0.2) is 22.2 Å². The molecule has 0 aliphatic carbocycles. The summed E-state index contributed by atoms with van der Waals surface area (Å²) in [6.45, 7) is 4.57. The summed E-state index contributed by atoms with van der Waals surface area (Å²) in [5.74, 6) is -1.77. The Hall–Kier alpha value is -3.09. The van der Waals surface area contributed by atoms with Crippen LogP contribution in [0.2, 0.25) is 0 Å². The molecule has 2 heterocycles. The third-order valence-corrected chi connectivity index (χ3v) is 5.06. The third-order valence-electron chi connectivity index (χ3n) is 5.06. The van der Waals surface area contributed by atoms with Crippen LogP contribution in [0, 0.1) is 17.6 Å². The summed E-state index contributed by atoms with van der Waals surface area (Å²) in [5.41, 5.74) is 0.382. The zero-order chi connectivity index (χ0) is 20.7. The predicted molar refractivity (Wildman–Crippen MR) is 107 cm³/mol. The van der Waals surface area contributed by atoms with E-state index in [1.54, 1.807) is 24.3 Å². The summed E-state index contributed by atoms with van der Waals surface area (Å²) in [5, 5.41) is 5.17. The highest BCUT2D eigenvalue weighted by Crippen LogP contribution is 2.32. The summed E-state index contributed by atoms with van der Waals surface area (Å²) in [6, 6.07) is 8.85. The first-order chi connectivity index (χ1) is 13.9. The second-order valence-electron chi connectivity index (χ2n) is 7.73. The molecule has 7 heteroatoms. The van der Waals surface area contributed by atoms with Crippen LogP contribution in [0.5, 0.6) is 0 Å². The van der Waals surface area contributed by atoms with Crippen molar-refractivity contribution in [3.8, 4) is 0 Å². The minimum Gasteiger partial charge on any atom is -0.304 e. The van der Waals surface area contributed by atoms with Crippen molar-refractivity contribution in [3.05, 3.63) is 69.6 Å². The average Bonchev–Trinajstić information content (AvgIpc) is 2.68. The fourth-order valence-corrected chi connectivity index (χ4v) is 3.85. The fraction of sp³-hybridized carbons (Fsp3) is 0.318. The molecular formula is C22H21F2N3O2. The molecule has 1 aliphatic heterocycles. The van der Waals surface area contributed by atoms with Crippen molar-refractivity contribution in [2.45, 2.75) is 33.2 Å². The van der Waals surface area contributed by atoms with Crippen LogP contribution in [0.15, 0.2) is 41.2 Å². The van der Waals surface area contributed by atoms with E-state index in [0.717, 1.165) is 6.07 Å². The molecule has 29 heavy (non-hydrogen) atoms. The Morgan fingerprint density at radius 1 is 1.17 bits per heavy atom. The number of rotatable bonds is 3. The molecule has 1 aliphatic rings. The summed E-state index contributed by atoms with van der Waals surface area (Å²) in [7, 11) is 0. The highest BCUT2D eigenvalue weighted by molar-refractivity contribution is 6.12. The first-order valence-electron chi connectivity index (χ1n) is 9.66. The Kier molecular flexibility index (Phi) is 4.90. The lowest BCUT2D eigenvalue weighted by atomic mass is 10.00. The van der Waals surface area contributed by atoms with Gasteiger partial charge in [0, 0.05) is 24.5 Å². The fourth-order valence-electron chi connectivity index (χ4n) is 3.85. The van der Waals surface area contributed by atoms with Gasteiger partial charge < -0.3 is 4.90 Å². The van der Waals surface area contributed by atoms with E-state index in [4.69, 9.17) is 0 Å². The maximum Gasteiger partial charge on any atom is 0.279 e. The molecule has 0 unspecified atom stereocenters. The van der Waals surface area contributed by atoms with Gasteiger partial charge in [-0.2, -0.15) is 5.10 Å². The number of halogens is 2. The van der Waals surface area contributed by atoms with E-state index in [0.29, 0.717) is 42.3 Å². The first kappa shape index (κ1) is 19.2. The molecular weight excluding hydrogens is 376 g/mol. The van der Waals surface area contributed by atoms with Gasteiger partial charge in [-0.15, -0.1) is 0 Å². The van der Waals surface area contributed by atoms with Gasteiger partial charge in [-0.05, 0) is 36.5 Å². The van der Waals surface area contributed by atoms with Crippen LogP contribution in [0.25, 0.3) is 10.8 Å². The highest BCUT2D eigenvalue weighted by Gasteiger charge is 2.30. The molecule has 0 spiro atoms. The molecule has 5 nitrogen and oxygen atoms in total. The van der Waals surface area contributed by atoms with E-state index in [-0.39, 0.29) is 22.9 Å². The number of benzene rings is 2. The molecule has 0 fully saturated rings. The minimum atomic E-state index is -0.771. The number of amides is 1. The molecule has 2 aromatic carbocycles. The van der Waals surface area contributed by atoms with E-state index in [9.17, 15) is 18.4 Å². The smallest absolute Gasteiger partial charge is 0.279 e. The lowest BCUT2D eigenvalue weighted by molar-refractivity contribution is 0.0978. The Balaban J connectivity index is 1.89. The number of aryl methyl sites for hydroxylation is 1. The van der Waals surface area contributed by atoms with Crippen molar-refractivity contribution >= 4 is 22.4 Å². The highest BCUT2D eigenvalue weighted by atomic mass is 19.1. The Morgan fingerprint density at radius 2 is 1.90 bits per heavy atom. The van der Waals surface area contributed by atoms with E-state index in [1.165, 1.54) is 15.6 Å². The molecule has 0 radical (unpaired) electrons. The van der Waals surface area contributed by atoms with Gasteiger partial charge in [-0.1, -0.05) is 32.0 Å². The maximum absolute atomic E-state index is 14.6. The van der Waals surface area contributed by atoms with Crippen molar-refractivity contribution in [1.82, 2.24) is 9.78 Å². The molecule has 0 atom stereocenters. The zero-order valence-corrected chi connectivity index (χ0v) is 16.3. The number of nitrogens with zero attached hydrogens (tertiary/aromatic N) is 3. The minimum absolute atomic E-state index is 0.0927. The molecule has 150 valence electrons. The number of carbonyl (C=O) groups excluding carboxylic acids is 1. The first-order valence-corrected chi connectivity index (χ1v) is 9.66. The van der Waals surface area contributed by atoms with Crippen LogP contribution in [0.4, 0.5) is 14.5 Å². The summed E-state index contributed by atoms with van der Waals surface area (Å²) >= 11 is 0. The normalized spacial score (nSPS) is 13.8. The summed E-state index contributed by atoms with van der Waals surface area (Å²) in [6.07, 6.45) is 1.08. The van der Waals surface area contributed by atoms with Crippen molar-refractivity contribution in [1.29, 1.82) is 0 Å². The molecule has 0 N–H and O–H groups in total. The van der Waals surface area contributed by atoms with Crippen molar-refractivity contribution in [3.63, 3.8) is 0 Å². The van der Waals surface area contributed by atoms with Gasteiger partial charge >= 0.3 is 0 Å². The van der Waals surface area contributed by atoms with Gasteiger partial charge in [-0.25, -0.2) is 13.5 Å². The van der Waals surface area contributed by atoms with E-state index < -0.39 is 17.5 Å². The Morgan fingerprint density at radius 3 is 2.62 bits per heavy atom. The molecule has 0 saturated heterocycles. The maximum atomic E-state index is 14.6. The number of carbonyl (C=O) groups is 1. The van der Waals surface area contributed by atoms with Gasteiger partial charge in [0.15, 0.2) is 5.69 Å². The van der Waals surface area contributed by atoms with Gasteiger partial charge in [0.1, 0.15) is 11.6 Å². The second kappa shape index (κ2) is 7.39. The quantitative estimate of drug-likeness (QED) is 0.673. The number of anilines is 1. The number of aromatic nitrogens is 2. The van der Waals surface area contributed by atoms with E-state index in [2.05, 4.69) is 5.10 Å². The van der Waals surface area contributed by atoms with Crippen molar-refractivity contribution in [2.24, 2.45) is 5.92 Å². The topological polar surface area (TPSA) is 55.2 Å². The monoisotopic (exact) mass is 397 g/mol. The van der Waals surface area contributed by atoms with Crippen LogP contribution >= 0.6 is 0 Å². The van der Waals surface area contributed by atoms with Crippen LogP contribution in [0.3, 0.4) is 0 Å². The number of fused-ring (bicyclic) bond motifs is 2. The standard InChI is InChI=1S/C22H21F2N3O2/c1-13(2)12-27-21(28)17-8-4-3-7-16(17)19(25-27)22(29)26-9-5-6-14-10-15(23)11-18(24)20(14)26/h3-4,7-8,10-11,13H,5-6,9,12H2,1-2H3. The summed E-state index contributed by atoms with van der Waals surface area (Å²) in [4.78, 5) is 27.5. The van der Waals surface area contributed by atoms with Gasteiger partial charge in [0.25, 0.3) is 11.5 Å². The van der Waals surface area contributed by atoms with Gasteiger partial charge in [0.05, 0.1) is 11.1 Å². The van der Waals surface area contributed by atoms with Crippen LogP contribution in [0.1, 0.15) is 36.3 Å². The Bertz CT molecular complexity index is 1170. The molecule has 1 amide bonds. The second-order valence-corrected chi connectivity index (χ2v) is 7.73. The van der Waals surface area contributed by atoms with E-state index >= 15 is 0 Å². The van der Waals surface area contributed by atoms with Crippen molar-refractivity contribution < 1.29 is 13.6 Å². The molecule has 3 aromatic rings. The zero-order valence-electron chi connectivity index (χ0n) is 16.3. The van der Waals surface area contributed by atoms with Crippen LogP contribution < -0.4 is 10.5 Å². The SMILES string of the molecule is CC(C)Cn1nc(C(=O)N2CCCc3cc(F)cc(F)c32)c2ccccc2c1=O. The average molecular weight is 397 g/mol. The van der Waals surface area contributed by atoms with Gasteiger partial charge in [0.2, 0.25) is 0 Å². The van der Waals surface area contributed by atoms with Crippen LogP contribution in [-0.2, 0) is 13.0 Å². The lowest BCUT2D eigenvalue weighted by Crippen LogP contribution is -2.38. The summed E-state index contributed by atoms with van der Waals surface area (Å²) < 4.78 is 29.5. The third kappa shape index (κ3) is 3.41. The largest absolute Gasteiger partial charge is 0.304 e. The molecule has 0 bridgehead atoms. The number of hydrogen-bond donors (Lipinski definition) is 0. The van der Waals surface area contributed by atoms with E-state index in [1.807, 2.05) is 13.8 Å². The molecule has 1 aromatic heterocycles. The van der Waals surface area contributed by atoms with Crippen molar-refractivity contribution in [2.75, 3.05) is 11.4 Å². The number of hydrogen-bond acceptors (Lipinski definition) is 3. The molecule has 0 saturated carbocycles. The Labute approximate surface area is 166 Å². The lowest BCUT2D eigenvalue weighted by Gasteiger charge is -2.30. The predicted octanol–water partition coefficient (Wildman–Crippen LogP) is 3.92.